The second kappa shape index (κ2) is 7.52. The average molecular weight is 437 g/mol. The highest BCUT2D eigenvalue weighted by Gasteiger charge is 2.12. The molecule has 2 aromatic carbocycles. The third-order valence-electron chi connectivity index (χ3n) is 4.52. The summed E-state index contributed by atoms with van der Waals surface area (Å²) < 4.78 is 7.65. The Morgan fingerprint density at radius 1 is 0.964 bits per heavy atom. The Labute approximate surface area is 170 Å². The van der Waals surface area contributed by atoms with Gasteiger partial charge in [0.25, 0.3) is 5.56 Å². The van der Waals surface area contributed by atoms with Gasteiger partial charge in [-0.1, -0.05) is 45.4 Å². The van der Waals surface area contributed by atoms with Crippen molar-refractivity contribution >= 4 is 15.9 Å². The monoisotopic (exact) mass is 436 g/mol. The van der Waals surface area contributed by atoms with Crippen molar-refractivity contribution < 1.29 is 4.52 Å². The molecule has 0 radical (unpaired) electrons. The van der Waals surface area contributed by atoms with Gasteiger partial charge < -0.3 is 4.52 Å². The average Bonchev–Trinajstić information content (AvgIpc) is 3.15. The van der Waals surface area contributed by atoms with E-state index in [-0.39, 0.29) is 12.1 Å². The van der Waals surface area contributed by atoms with Crippen LogP contribution in [0.3, 0.4) is 0 Å². The van der Waals surface area contributed by atoms with E-state index in [2.05, 4.69) is 38.1 Å². The van der Waals surface area contributed by atoms with Crippen LogP contribution in [-0.2, 0) is 6.54 Å². The molecule has 140 valence electrons. The summed E-state index contributed by atoms with van der Waals surface area (Å²) in [5, 5.41) is 8.48. The Morgan fingerprint density at radius 2 is 1.71 bits per heavy atom. The van der Waals surface area contributed by atoms with Crippen LogP contribution in [0.5, 0.6) is 0 Å². The number of hydrogen-bond acceptors (Lipinski definition) is 5. The van der Waals surface area contributed by atoms with Gasteiger partial charge in [-0.25, -0.2) is 4.68 Å². The molecule has 0 aliphatic heterocycles. The Kier molecular flexibility index (Phi) is 4.92. The molecule has 0 aliphatic rings. The zero-order chi connectivity index (χ0) is 19.7. The predicted octanol–water partition coefficient (Wildman–Crippen LogP) is 4.39. The summed E-state index contributed by atoms with van der Waals surface area (Å²) in [6, 6.07) is 16.9. The Hall–Kier alpha value is -3.06. The molecule has 7 heteroatoms. The first-order chi connectivity index (χ1) is 13.5. The van der Waals surface area contributed by atoms with Crippen molar-refractivity contribution in [2.24, 2.45) is 0 Å². The quantitative estimate of drug-likeness (QED) is 0.474. The van der Waals surface area contributed by atoms with Gasteiger partial charge in [0.2, 0.25) is 11.7 Å². The largest absolute Gasteiger partial charge is 0.337 e. The highest BCUT2D eigenvalue weighted by molar-refractivity contribution is 9.10. The molecule has 0 saturated carbocycles. The summed E-state index contributed by atoms with van der Waals surface area (Å²) in [6.45, 7) is 4.20. The zero-order valence-corrected chi connectivity index (χ0v) is 17.0. The summed E-state index contributed by atoms with van der Waals surface area (Å²) in [4.78, 5) is 16.6. The lowest BCUT2D eigenvalue weighted by atomic mass is 10.1. The van der Waals surface area contributed by atoms with Crippen LogP contribution in [0.25, 0.3) is 22.6 Å². The highest BCUT2D eigenvalue weighted by Crippen LogP contribution is 2.20. The van der Waals surface area contributed by atoms with Gasteiger partial charge in [0.1, 0.15) is 6.54 Å². The van der Waals surface area contributed by atoms with Crippen LogP contribution in [0.4, 0.5) is 0 Å². The molecule has 0 bridgehead atoms. The van der Waals surface area contributed by atoms with E-state index >= 15 is 0 Å². The number of benzene rings is 2. The maximum Gasteiger partial charge on any atom is 0.267 e. The topological polar surface area (TPSA) is 73.8 Å². The second-order valence-corrected chi connectivity index (χ2v) is 7.45. The van der Waals surface area contributed by atoms with Crippen LogP contribution in [0.15, 0.2) is 68.4 Å². The summed E-state index contributed by atoms with van der Waals surface area (Å²) >= 11 is 3.41. The van der Waals surface area contributed by atoms with E-state index in [0.717, 1.165) is 21.2 Å². The van der Waals surface area contributed by atoms with E-state index in [4.69, 9.17) is 4.52 Å². The molecule has 4 aromatic rings. The van der Waals surface area contributed by atoms with E-state index in [1.54, 1.807) is 6.07 Å². The zero-order valence-electron chi connectivity index (χ0n) is 15.4. The summed E-state index contributed by atoms with van der Waals surface area (Å²) in [5.41, 5.74) is 4.62. The first kappa shape index (κ1) is 18.3. The first-order valence-electron chi connectivity index (χ1n) is 8.74. The molecule has 0 saturated heterocycles. The van der Waals surface area contributed by atoms with Crippen molar-refractivity contribution in [1.29, 1.82) is 0 Å². The molecular weight excluding hydrogens is 420 g/mol. The van der Waals surface area contributed by atoms with Crippen LogP contribution in [0.1, 0.15) is 17.0 Å². The Bertz CT molecular complexity index is 1200. The van der Waals surface area contributed by atoms with Crippen molar-refractivity contribution in [2.75, 3.05) is 0 Å². The first-order valence-corrected chi connectivity index (χ1v) is 9.53. The minimum atomic E-state index is -0.230. The molecule has 0 N–H and O–H groups in total. The maximum absolute atomic E-state index is 12.2. The number of aryl methyl sites for hydroxylation is 2. The van der Waals surface area contributed by atoms with E-state index < -0.39 is 0 Å². The minimum Gasteiger partial charge on any atom is -0.337 e. The minimum absolute atomic E-state index is 0.112. The SMILES string of the molecule is Cc1ccc(-c2noc(Cn3nc(-c4ccc(Br)cc4)ccc3=O)n2)cc1C. The van der Waals surface area contributed by atoms with E-state index in [0.29, 0.717) is 17.4 Å². The van der Waals surface area contributed by atoms with Crippen LogP contribution in [0.2, 0.25) is 0 Å². The Morgan fingerprint density at radius 3 is 2.46 bits per heavy atom. The summed E-state index contributed by atoms with van der Waals surface area (Å²) in [7, 11) is 0. The Balaban J connectivity index is 1.62. The lowest BCUT2D eigenvalue weighted by Gasteiger charge is -2.05. The molecule has 0 amide bonds. The van der Waals surface area contributed by atoms with Gasteiger partial charge in [-0.05, 0) is 49.2 Å². The second-order valence-electron chi connectivity index (χ2n) is 6.53. The number of halogens is 1. The maximum atomic E-state index is 12.2. The van der Waals surface area contributed by atoms with E-state index in [1.165, 1.54) is 16.3 Å². The van der Waals surface area contributed by atoms with Crippen molar-refractivity contribution in [3.63, 3.8) is 0 Å². The smallest absolute Gasteiger partial charge is 0.267 e. The van der Waals surface area contributed by atoms with Crippen LogP contribution in [0, 0.1) is 13.8 Å². The van der Waals surface area contributed by atoms with Crippen LogP contribution < -0.4 is 5.56 Å². The van der Waals surface area contributed by atoms with Crippen LogP contribution in [-0.4, -0.2) is 19.9 Å². The number of rotatable bonds is 4. The summed E-state index contributed by atoms with van der Waals surface area (Å²) in [6.07, 6.45) is 0. The lowest BCUT2D eigenvalue weighted by molar-refractivity contribution is 0.363. The fourth-order valence-electron chi connectivity index (χ4n) is 2.78. The van der Waals surface area contributed by atoms with Gasteiger partial charge in [0.15, 0.2) is 0 Å². The molecule has 0 spiro atoms. The molecule has 0 unspecified atom stereocenters. The van der Waals surface area contributed by atoms with Gasteiger partial charge in [0.05, 0.1) is 5.69 Å². The predicted molar refractivity (Wildman–Crippen MR) is 110 cm³/mol. The van der Waals surface area contributed by atoms with Crippen LogP contribution >= 0.6 is 15.9 Å². The van der Waals surface area contributed by atoms with E-state index in [9.17, 15) is 4.79 Å². The molecule has 6 nitrogen and oxygen atoms in total. The molecule has 4 rings (SSSR count). The van der Waals surface area contributed by atoms with Gasteiger partial charge in [-0.2, -0.15) is 10.1 Å². The van der Waals surface area contributed by atoms with Gasteiger partial charge in [-0.15, -0.1) is 0 Å². The third-order valence-corrected chi connectivity index (χ3v) is 5.05. The molecular formula is C21H17BrN4O2. The third kappa shape index (κ3) is 3.80. The van der Waals surface area contributed by atoms with E-state index in [1.807, 2.05) is 49.4 Å². The molecule has 28 heavy (non-hydrogen) atoms. The fraction of sp³-hybridized carbons (Fsp3) is 0.143. The molecule has 0 aliphatic carbocycles. The van der Waals surface area contributed by atoms with Crippen molar-refractivity contribution in [1.82, 2.24) is 19.9 Å². The van der Waals surface area contributed by atoms with Crippen molar-refractivity contribution in [3.05, 3.63) is 86.4 Å². The molecule has 2 heterocycles. The van der Waals surface area contributed by atoms with Gasteiger partial charge in [-0.3, -0.25) is 4.79 Å². The number of nitrogens with zero attached hydrogens (tertiary/aromatic N) is 4. The lowest BCUT2D eigenvalue weighted by Crippen LogP contribution is -2.23. The van der Waals surface area contributed by atoms with Crippen molar-refractivity contribution in [3.8, 4) is 22.6 Å². The van der Waals surface area contributed by atoms with Gasteiger partial charge >= 0.3 is 0 Å². The number of aromatic nitrogens is 4. The highest BCUT2D eigenvalue weighted by atomic mass is 79.9. The molecule has 0 atom stereocenters. The van der Waals surface area contributed by atoms with Crippen molar-refractivity contribution in [2.45, 2.75) is 20.4 Å². The molecule has 0 fully saturated rings. The fourth-order valence-corrected chi connectivity index (χ4v) is 3.05. The standard InChI is InChI=1S/C21H17BrN4O2/c1-13-3-4-16(11-14(13)2)21-23-19(28-25-21)12-26-20(27)10-9-18(24-26)15-5-7-17(22)8-6-15/h3-11H,12H2,1-2H3. The number of hydrogen-bond donors (Lipinski definition) is 0. The normalized spacial score (nSPS) is 11.0. The van der Waals surface area contributed by atoms with Gasteiger partial charge in [0, 0.05) is 21.7 Å². The molecule has 2 aromatic heterocycles. The summed E-state index contributed by atoms with van der Waals surface area (Å²) in [5.74, 6) is 0.825.